The molecule has 0 radical (unpaired) electrons. The molecule has 2 aromatic carbocycles. The van der Waals surface area contributed by atoms with E-state index in [0.29, 0.717) is 31.0 Å². The van der Waals surface area contributed by atoms with Gasteiger partial charge in [0.15, 0.2) is 5.82 Å². The molecule has 3 heterocycles. The molecule has 220 valence electrons. The molecule has 2 aliphatic heterocycles. The fraction of sp³-hybridized carbons (Fsp3) is 0.367. The number of benzene rings is 2. The van der Waals surface area contributed by atoms with Crippen LogP contribution in [0, 0.1) is 0 Å². The highest BCUT2D eigenvalue weighted by Gasteiger charge is 2.31. The number of ether oxygens (including phenoxy) is 3. The number of nitrogens with one attached hydrogen (secondary N) is 1. The van der Waals surface area contributed by atoms with E-state index in [1.807, 2.05) is 60.7 Å². The van der Waals surface area contributed by atoms with Crippen LogP contribution < -0.4 is 10.1 Å². The van der Waals surface area contributed by atoms with Crippen LogP contribution in [0.2, 0.25) is 0 Å². The summed E-state index contributed by atoms with van der Waals surface area (Å²) in [5.74, 6) is -0.408. The molecule has 0 saturated carbocycles. The number of hydrogen-bond donors (Lipinski definition) is 2. The Morgan fingerprint density at radius 1 is 0.976 bits per heavy atom. The molecule has 1 aromatic heterocycles. The lowest BCUT2D eigenvalue weighted by atomic mass is 10.2. The van der Waals surface area contributed by atoms with Gasteiger partial charge in [-0.3, -0.25) is 9.59 Å². The zero-order valence-electron chi connectivity index (χ0n) is 23.1. The van der Waals surface area contributed by atoms with E-state index in [1.54, 1.807) is 4.90 Å². The first-order valence-corrected chi connectivity index (χ1v) is 13.8. The minimum atomic E-state index is -1.03. The van der Waals surface area contributed by atoms with Crippen LogP contribution in [0.3, 0.4) is 0 Å². The van der Waals surface area contributed by atoms with E-state index in [4.69, 9.17) is 14.2 Å². The molecule has 2 saturated heterocycles. The summed E-state index contributed by atoms with van der Waals surface area (Å²) < 4.78 is 17.3. The fourth-order valence-electron chi connectivity index (χ4n) is 4.71. The van der Waals surface area contributed by atoms with Crippen molar-refractivity contribution in [2.75, 3.05) is 46.0 Å². The van der Waals surface area contributed by atoms with Crippen molar-refractivity contribution in [3.05, 3.63) is 78.0 Å². The molecule has 3 amide bonds. The molecule has 42 heavy (non-hydrogen) atoms. The number of carbonyl (C=O) groups excluding carboxylic acids is 2. The second kappa shape index (κ2) is 13.9. The fourth-order valence-corrected chi connectivity index (χ4v) is 4.71. The van der Waals surface area contributed by atoms with Gasteiger partial charge in [0.05, 0.1) is 26.4 Å². The Morgan fingerprint density at radius 3 is 2.33 bits per heavy atom. The van der Waals surface area contributed by atoms with E-state index in [-0.39, 0.29) is 63.0 Å². The highest BCUT2D eigenvalue weighted by Crippen LogP contribution is 2.22. The van der Waals surface area contributed by atoms with Crippen molar-refractivity contribution in [1.82, 2.24) is 25.1 Å². The van der Waals surface area contributed by atoms with Crippen molar-refractivity contribution < 1.29 is 33.7 Å². The first-order valence-electron chi connectivity index (χ1n) is 13.8. The molecular weight excluding hydrogens is 542 g/mol. The Bertz CT molecular complexity index is 1360. The number of rotatable bonds is 10. The van der Waals surface area contributed by atoms with Gasteiger partial charge in [-0.15, -0.1) is 0 Å². The van der Waals surface area contributed by atoms with Crippen LogP contribution in [0.4, 0.5) is 4.79 Å². The molecule has 2 fully saturated rings. The third kappa shape index (κ3) is 7.59. The molecule has 2 aliphatic rings. The lowest BCUT2D eigenvalue weighted by Gasteiger charge is -2.35. The summed E-state index contributed by atoms with van der Waals surface area (Å²) in [6.45, 7) is 1.97. The summed E-state index contributed by atoms with van der Waals surface area (Å²) >= 11 is 0. The number of amides is 3. The monoisotopic (exact) mass is 575 g/mol. The molecule has 2 N–H and O–H groups in total. The minimum Gasteiger partial charge on any atom is -0.472 e. The second-order valence-electron chi connectivity index (χ2n) is 10.0. The highest BCUT2D eigenvalue weighted by atomic mass is 16.5. The van der Waals surface area contributed by atoms with Crippen LogP contribution in [0.25, 0.3) is 11.4 Å². The summed E-state index contributed by atoms with van der Waals surface area (Å²) in [6.07, 6.45) is -0.514. The van der Waals surface area contributed by atoms with Gasteiger partial charge in [-0.05, 0) is 5.56 Å². The number of carbonyl (C=O) groups is 3. The lowest BCUT2D eigenvalue weighted by molar-refractivity contribution is -0.136. The lowest BCUT2D eigenvalue weighted by Crippen LogP contribution is -2.56. The molecule has 0 spiro atoms. The SMILES string of the molecule is O=C(N[C@@H](COCc1ccccc1)C(=O)N1CCN(C(=O)O)CC1)c1cc(OC2CCOC2)nc(-c2ccccc2)n1. The zero-order valence-corrected chi connectivity index (χ0v) is 23.1. The molecule has 12 heteroatoms. The second-order valence-corrected chi connectivity index (χ2v) is 10.0. The number of aromatic nitrogens is 2. The summed E-state index contributed by atoms with van der Waals surface area (Å²) in [6, 6.07) is 19.2. The van der Waals surface area contributed by atoms with Crippen LogP contribution in [-0.2, 0) is 20.9 Å². The van der Waals surface area contributed by atoms with Gasteiger partial charge >= 0.3 is 6.09 Å². The van der Waals surface area contributed by atoms with Gasteiger partial charge < -0.3 is 34.4 Å². The third-order valence-electron chi connectivity index (χ3n) is 7.00. The van der Waals surface area contributed by atoms with Crippen molar-refractivity contribution in [3.63, 3.8) is 0 Å². The van der Waals surface area contributed by atoms with Gasteiger partial charge in [0.2, 0.25) is 11.8 Å². The summed E-state index contributed by atoms with van der Waals surface area (Å²) in [5.41, 5.74) is 1.66. The maximum Gasteiger partial charge on any atom is 0.407 e. The Hall–Kier alpha value is -4.55. The average molecular weight is 576 g/mol. The van der Waals surface area contributed by atoms with Gasteiger partial charge in [-0.25, -0.2) is 9.78 Å². The quantitative estimate of drug-likeness (QED) is 0.373. The van der Waals surface area contributed by atoms with Crippen LogP contribution in [0.5, 0.6) is 5.88 Å². The average Bonchev–Trinajstić information content (AvgIpc) is 3.54. The van der Waals surface area contributed by atoms with Crippen molar-refractivity contribution in [3.8, 4) is 17.3 Å². The number of piperazine rings is 1. The predicted molar refractivity (Wildman–Crippen MR) is 151 cm³/mol. The smallest absolute Gasteiger partial charge is 0.407 e. The largest absolute Gasteiger partial charge is 0.472 e. The van der Waals surface area contributed by atoms with Gasteiger partial charge in [-0.1, -0.05) is 60.7 Å². The van der Waals surface area contributed by atoms with Crippen molar-refractivity contribution in [1.29, 1.82) is 0 Å². The maximum atomic E-state index is 13.6. The maximum absolute atomic E-state index is 13.6. The van der Waals surface area contributed by atoms with Crippen LogP contribution >= 0.6 is 0 Å². The van der Waals surface area contributed by atoms with E-state index < -0.39 is 18.0 Å². The normalized spacial score (nSPS) is 17.5. The Labute approximate surface area is 243 Å². The Kier molecular flexibility index (Phi) is 9.57. The standard InChI is InChI=1S/C30H33N5O7/c36-28(24-17-26(42-23-11-16-40-19-23)33-27(31-24)22-9-5-2-6-10-22)32-25(20-41-18-21-7-3-1-4-8-21)29(37)34-12-14-35(15-13-34)30(38)39/h1-10,17,23,25H,11-16,18-20H2,(H,32,36)(H,38,39)/t23?,25-/m0/s1. The Morgan fingerprint density at radius 2 is 1.67 bits per heavy atom. The molecule has 3 aromatic rings. The third-order valence-corrected chi connectivity index (χ3v) is 7.00. The zero-order chi connectivity index (χ0) is 29.3. The van der Waals surface area contributed by atoms with Gasteiger partial charge in [0, 0.05) is 44.2 Å². The first-order chi connectivity index (χ1) is 20.5. The summed E-state index contributed by atoms with van der Waals surface area (Å²) in [4.78, 5) is 50.3. The highest BCUT2D eigenvalue weighted by molar-refractivity contribution is 5.96. The predicted octanol–water partition coefficient (Wildman–Crippen LogP) is 2.45. The van der Waals surface area contributed by atoms with Gasteiger partial charge in [0.25, 0.3) is 5.91 Å². The van der Waals surface area contributed by atoms with Crippen LogP contribution in [0.15, 0.2) is 66.7 Å². The molecule has 2 atom stereocenters. The number of carboxylic acid groups (broad SMARTS) is 1. The van der Waals surface area contributed by atoms with Crippen LogP contribution in [0.1, 0.15) is 22.5 Å². The van der Waals surface area contributed by atoms with E-state index in [0.717, 1.165) is 5.56 Å². The summed E-state index contributed by atoms with van der Waals surface area (Å²) in [5, 5.41) is 12.1. The van der Waals surface area contributed by atoms with E-state index in [9.17, 15) is 19.5 Å². The molecule has 5 rings (SSSR count). The van der Waals surface area contributed by atoms with Crippen molar-refractivity contribution in [2.45, 2.75) is 25.2 Å². The first kappa shape index (κ1) is 29.0. The minimum absolute atomic E-state index is 0.0364. The molecule has 0 bridgehead atoms. The van der Waals surface area contributed by atoms with E-state index in [1.165, 1.54) is 11.0 Å². The Balaban J connectivity index is 1.35. The van der Waals surface area contributed by atoms with E-state index >= 15 is 0 Å². The summed E-state index contributed by atoms with van der Waals surface area (Å²) in [7, 11) is 0. The van der Waals surface area contributed by atoms with Crippen molar-refractivity contribution in [2.24, 2.45) is 0 Å². The van der Waals surface area contributed by atoms with Gasteiger partial charge in [-0.2, -0.15) is 4.98 Å². The van der Waals surface area contributed by atoms with Crippen molar-refractivity contribution >= 4 is 17.9 Å². The van der Waals surface area contributed by atoms with E-state index in [2.05, 4.69) is 15.3 Å². The number of hydrogen-bond acceptors (Lipinski definition) is 8. The topological polar surface area (TPSA) is 143 Å². The van der Waals surface area contributed by atoms with Gasteiger partial charge in [0.1, 0.15) is 17.8 Å². The van der Waals surface area contributed by atoms with Crippen LogP contribution in [-0.4, -0.2) is 101 Å². The number of nitrogens with zero attached hydrogens (tertiary/aromatic N) is 4. The molecule has 12 nitrogen and oxygen atoms in total. The molecular formula is C30H33N5O7. The molecule has 1 unspecified atom stereocenters. The molecule has 0 aliphatic carbocycles.